The fraction of sp³-hybridized carbons (Fsp3) is 0.571. The SMILES string of the molecule is CCN(Cc1noc(CC(C)C)n1)C(=O)c1cccc([C@@H]2CCCNC2)c1. The van der Waals surface area contributed by atoms with Crippen molar-refractivity contribution >= 4 is 5.91 Å². The topological polar surface area (TPSA) is 71.3 Å². The second-order valence-electron chi connectivity index (χ2n) is 7.69. The van der Waals surface area contributed by atoms with E-state index < -0.39 is 0 Å². The number of rotatable bonds is 7. The Morgan fingerprint density at radius 1 is 1.41 bits per heavy atom. The lowest BCUT2D eigenvalue weighted by Crippen LogP contribution is -2.31. The van der Waals surface area contributed by atoms with Crippen molar-refractivity contribution < 1.29 is 9.32 Å². The number of carbonyl (C=O) groups excluding carboxylic acids is 1. The van der Waals surface area contributed by atoms with E-state index in [1.807, 2.05) is 25.1 Å². The average molecular weight is 370 g/mol. The van der Waals surface area contributed by atoms with Crippen LogP contribution in [-0.2, 0) is 13.0 Å². The van der Waals surface area contributed by atoms with Crippen molar-refractivity contribution in [3.8, 4) is 0 Å². The van der Waals surface area contributed by atoms with Crippen LogP contribution < -0.4 is 5.32 Å². The summed E-state index contributed by atoms with van der Waals surface area (Å²) in [5, 5.41) is 7.48. The summed E-state index contributed by atoms with van der Waals surface area (Å²) in [5.74, 6) is 2.15. The number of benzene rings is 1. The van der Waals surface area contributed by atoms with Crippen LogP contribution in [0.15, 0.2) is 28.8 Å². The molecule has 2 heterocycles. The van der Waals surface area contributed by atoms with Crippen molar-refractivity contribution in [3.63, 3.8) is 0 Å². The second-order valence-corrected chi connectivity index (χ2v) is 7.69. The number of amides is 1. The predicted octanol–water partition coefficient (Wildman–Crippen LogP) is 3.40. The Labute approximate surface area is 161 Å². The van der Waals surface area contributed by atoms with Gasteiger partial charge in [0, 0.05) is 25.1 Å². The molecule has 1 aromatic carbocycles. The van der Waals surface area contributed by atoms with E-state index in [-0.39, 0.29) is 5.91 Å². The quantitative estimate of drug-likeness (QED) is 0.809. The second kappa shape index (κ2) is 9.13. The molecule has 2 aromatic rings. The number of aromatic nitrogens is 2. The van der Waals surface area contributed by atoms with Gasteiger partial charge in [0.2, 0.25) is 5.89 Å². The molecule has 0 aliphatic carbocycles. The normalized spacial score (nSPS) is 17.3. The summed E-state index contributed by atoms with van der Waals surface area (Å²) in [4.78, 5) is 19.2. The lowest BCUT2D eigenvalue weighted by atomic mass is 9.90. The van der Waals surface area contributed by atoms with Gasteiger partial charge in [-0.25, -0.2) is 0 Å². The van der Waals surface area contributed by atoms with Crippen LogP contribution in [0.3, 0.4) is 0 Å². The zero-order chi connectivity index (χ0) is 19.2. The van der Waals surface area contributed by atoms with Crippen LogP contribution in [0, 0.1) is 5.92 Å². The first-order valence-electron chi connectivity index (χ1n) is 9.98. The van der Waals surface area contributed by atoms with Crippen molar-refractivity contribution in [1.82, 2.24) is 20.4 Å². The summed E-state index contributed by atoms with van der Waals surface area (Å²) >= 11 is 0. The Morgan fingerprint density at radius 3 is 2.96 bits per heavy atom. The van der Waals surface area contributed by atoms with Gasteiger partial charge in [-0.3, -0.25) is 4.79 Å². The van der Waals surface area contributed by atoms with E-state index in [4.69, 9.17) is 4.52 Å². The third-order valence-electron chi connectivity index (χ3n) is 5.00. The number of hydrogen-bond donors (Lipinski definition) is 1. The minimum Gasteiger partial charge on any atom is -0.339 e. The molecular formula is C21H30N4O2. The molecule has 1 fully saturated rings. The first-order chi connectivity index (χ1) is 13.1. The first-order valence-corrected chi connectivity index (χ1v) is 9.98. The molecule has 0 unspecified atom stereocenters. The van der Waals surface area contributed by atoms with Gasteiger partial charge in [-0.15, -0.1) is 0 Å². The molecule has 0 spiro atoms. The molecule has 1 atom stereocenters. The molecule has 1 saturated heterocycles. The van der Waals surface area contributed by atoms with Crippen LogP contribution in [0.4, 0.5) is 0 Å². The van der Waals surface area contributed by atoms with Gasteiger partial charge in [0.25, 0.3) is 5.91 Å². The summed E-state index contributed by atoms with van der Waals surface area (Å²) in [6.07, 6.45) is 3.11. The molecule has 1 N–H and O–H groups in total. The van der Waals surface area contributed by atoms with Crippen molar-refractivity contribution in [2.75, 3.05) is 19.6 Å². The molecule has 1 aromatic heterocycles. The Morgan fingerprint density at radius 2 is 2.26 bits per heavy atom. The van der Waals surface area contributed by atoms with Crippen molar-refractivity contribution in [3.05, 3.63) is 47.1 Å². The number of nitrogens with zero attached hydrogens (tertiary/aromatic N) is 3. The van der Waals surface area contributed by atoms with Crippen molar-refractivity contribution in [2.24, 2.45) is 5.92 Å². The van der Waals surface area contributed by atoms with Gasteiger partial charge in [-0.1, -0.05) is 31.1 Å². The van der Waals surface area contributed by atoms with Gasteiger partial charge in [0.1, 0.15) is 0 Å². The molecule has 6 heteroatoms. The van der Waals surface area contributed by atoms with E-state index >= 15 is 0 Å². The standard InChI is InChI=1S/C21H30N4O2/c1-4-25(14-19-23-20(27-24-19)11-15(2)3)21(26)17-8-5-7-16(12-17)18-9-6-10-22-13-18/h5,7-8,12,15,18,22H,4,6,9-11,13-14H2,1-3H3/t18-/m1/s1. The minimum absolute atomic E-state index is 0.0123. The van der Waals surface area contributed by atoms with Crippen molar-refractivity contribution in [1.29, 1.82) is 0 Å². The monoisotopic (exact) mass is 370 g/mol. The molecule has 27 heavy (non-hydrogen) atoms. The van der Waals surface area contributed by atoms with Gasteiger partial charge in [-0.05, 0) is 55.8 Å². The highest BCUT2D eigenvalue weighted by molar-refractivity contribution is 5.94. The van der Waals surface area contributed by atoms with Gasteiger partial charge < -0.3 is 14.7 Å². The van der Waals surface area contributed by atoms with E-state index in [2.05, 4.69) is 35.4 Å². The Kier molecular flexibility index (Phi) is 6.61. The van der Waals surface area contributed by atoms with Crippen LogP contribution in [0.25, 0.3) is 0 Å². The van der Waals surface area contributed by atoms with Crippen molar-refractivity contribution in [2.45, 2.75) is 52.5 Å². The minimum atomic E-state index is 0.0123. The number of piperidine rings is 1. The average Bonchev–Trinajstić information content (AvgIpc) is 3.12. The van der Waals surface area contributed by atoms with E-state index in [0.29, 0.717) is 36.6 Å². The third kappa shape index (κ3) is 5.16. The van der Waals surface area contributed by atoms with Crippen LogP contribution >= 0.6 is 0 Å². The lowest BCUT2D eigenvalue weighted by molar-refractivity contribution is 0.0747. The Bertz CT molecular complexity index is 750. The van der Waals surface area contributed by atoms with Gasteiger partial charge in [0.15, 0.2) is 5.82 Å². The third-order valence-corrected chi connectivity index (χ3v) is 5.00. The highest BCUT2D eigenvalue weighted by Crippen LogP contribution is 2.24. The maximum absolute atomic E-state index is 13.0. The van der Waals surface area contributed by atoms with E-state index in [9.17, 15) is 4.79 Å². The smallest absolute Gasteiger partial charge is 0.254 e. The summed E-state index contributed by atoms with van der Waals surface area (Å²) in [5.41, 5.74) is 1.97. The molecule has 6 nitrogen and oxygen atoms in total. The predicted molar refractivity (Wildman–Crippen MR) is 105 cm³/mol. The molecule has 1 aliphatic rings. The fourth-order valence-corrected chi connectivity index (χ4v) is 3.53. The van der Waals surface area contributed by atoms with Gasteiger partial charge >= 0.3 is 0 Å². The molecule has 1 aliphatic heterocycles. The number of carbonyl (C=O) groups is 1. The molecule has 146 valence electrons. The van der Waals surface area contributed by atoms with Gasteiger partial charge in [-0.2, -0.15) is 4.98 Å². The van der Waals surface area contributed by atoms with Crippen LogP contribution in [0.1, 0.15) is 67.2 Å². The summed E-state index contributed by atoms with van der Waals surface area (Å²) < 4.78 is 5.30. The van der Waals surface area contributed by atoms with Crippen LogP contribution in [0.2, 0.25) is 0 Å². The fourth-order valence-electron chi connectivity index (χ4n) is 3.53. The molecular weight excluding hydrogens is 340 g/mol. The molecule has 1 amide bonds. The summed E-state index contributed by atoms with van der Waals surface area (Å²) in [6, 6.07) is 8.05. The molecule has 0 saturated carbocycles. The molecule has 3 rings (SSSR count). The highest BCUT2D eigenvalue weighted by Gasteiger charge is 2.20. The molecule has 0 radical (unpaired) electrons. The maximum Gasteiger partial charge on any atom is 0.254 e. The summed E-state index contributed by atoms with van der Waals surface area (Å²) in [7, 11) is 0. The zero-order valence-electron chi connectivity index (χ0n) is 16.6. The van der Waals surface area contributed by atoms with E-state index in [1.165, 1.54) is 18.4 Å². The Balaban J connectivity index is 1.70. The maximum atomic E-state index is 13.0. The number of hydrogen-bond acceptors (Lipinski definition) is 5. The highest BCUT2D eigenvalue weighted by atomic mass is 16.5. The van der Waals surface area contributed by atoms with Gasteiger partial charge in [0.05, 0.1) is 6.54 Å². The Hall–Kier alpha value is -2.21. The zero-order valence-corrected chi connectivity index (χ0v) is 16.6. The lowest BCUT2D eigenvalue weighted by Gasteiger charge is -2.24. The van der Waals surface area contributed by atoms with E-state index in [1.54, 1.807) is 4.90 Å². The number of nitrogens with one attached hydrogen (secondary N) is 1. The first kappa shape index (κ1) is 19.5. The van der Waals surface area contributed by atoms with Crippen LogP contribution in [0.5, 0.6) is 0 Å². The summed E-state index contributed by atoms with van der Waals surface area (Å²) in [6.45, 7) is 9.23. The van der Waals surface area contributed by atoms with E-state index in [0.717, 1.165) is 25.1 Å². The molecule has 0 bridgehead atoms. The largest absolute Gasteiger partial charge is 0.339 e. The van der Waals surface area contributed by atoms with Crippen LogP contribution in [-0.4, -0.2) is 40.6 Å².